The Morgan fingerprint density at radius 1 is 1.00 bits per heavy atom. The van der Waals surface area contributed by atoms with E-state index in [-0.39, 0.29) is 6.04 Å². The Kier molecular flexibility index (Phi) is 9.19. The van der Waals surface area contributed by atoms with E-state index in [4.69, 9.17) is 5.84 Å². The van der Waals surface area contributed by atoms with E-state index in [0.29, 0.717) is 0 Å². The number of nitrogens with one attached hydrogen (secondary N) is 1. The molecule has 0 fully saturated rings. The molecule has 4 heteroatoms. The van der Waals surface area contributed by atoms with Crippen molar-refractivity contribution in [1.29, 1.82) is 0 Å². The highest BCUT2D eigenvalue weighted by molar-refractivity contribution is 4.94. The van der Waals surface area contributed by atoms with Gasteiger partial charge >= 0.3 is 0 Å². The Balaban J connectivity index is 2.07. The maximum Gasteiger partial charge on any atom is 0.146 e. The van der Waals surface area contributed by atoms with Crippen LogP contribution in [-0.2, 0) is 0 Å². The fourth-order valence-electron chi connectivity index (χ4n) is 2.26. The van der Waals surface area contributed by atoms with E-state index in [1.165, 1.54) is 51.4 Å². The summed E-state index contributed by atoms with van der Waals surface area (Å²) < 4.78 is 0. The van der Waals surface area contributed by atoms with Gasteiger partial charge in [0.15, 0.2) is 0 Å². The Hall–Kier alpha value is -1.00. The van der Waals surface area contributed by atoms with E-state index >= 15 is 0 Å². The summed E-state index contributed by atoms with van der Waals surface area (Å²) in [6.07, 6.45) is 15.2. The number of hydrogen-bond acceptors (Lipinski definition) is 4. The van der Waals surface area contributed by atoms with E-state index in [2.05, 4.69) is 22.3 Å². The number of hydrazine groups is 1. The van der Waals surface area contributed by atoms with Crippen molar-refractivity contribution in [3.05, 3.63) is 24.3 Å². The molecular formula is C15H28N4. The molecule has 1 heterocycles. The van der Waals surface area contributed by atoms with Crippen molar-refractivity contribution in [1.82, 2.24) is 15.4 Å². The summed E-state index contributed by atoms with van der Waals surface area (Å²) >= 11 is 0. The second kappa shape index (κ2) is 10.9. The lowest BCUT2D eigenvalue weighted by Gasteiger charge is -2.13. The topological polar surface area (TPSA) is 63.8 Å². The SMILES string of the molecule is CCCCCCCCCCC(NN)c1ncccn1. The molecule has 0 aliphatic rings. The minimum absolute atomic E-state index is 0.0845. The third-order valence-electron chi connectivity index (χ3n) is 3.44. The van der Waals surface area contributed by atoms with Crippen LogP contribution >= 0.6 is 0 Å². The third-order valence-corrected chi connectivity index (χ3v) is 3.44. The predicted octanol–water partition coefficient (Wildman–Crippen LogP) is 3.51. The van der Waals surface area contributed by atoms with Gasteiger partial charge in [-0.15, -0.1) is 0 Å². The van der Waals surface area contributed by atoms with Crippen molar-refractivity contribution in [2.75, 3.05) is 0 Å². The van der Waals surface area contributed by atoms with Crippen LogP contribution in [0.4, 0.5) is 0 Å². The van der Waals surface area contributed by atoms with Crippen LogP contribution in [0.3, 0.4) is 0 Å². The minimum Gasteiger partial charge on any atom is -0.271 e. The van der Waals surface area contributed by atoms with Crippen molar-refractivity contribution in [3.63, 3.8) is 0 Å². The number of nitrogens with two attached hydrogens (primary N) is 1. The van der Waals surface area contributed by atoms with Crippen LogP contribution in [0.5, 0.6) is 0 Å². The lowest BCUT2D eigenvalue weighted by atomic mass is 10.0. The lowest BCUT2D eigenvalue weighted by Crippen LogP contribution is -2.29. The van der Waals surface area contributed by atoms with Crippen LogP contribution in [0.15, 0.2) is 18.5 Å². The number of rotatable bonds is 11. The average Bonchev–Trinajstić information content (AvgIpc) is 2.47. The third kappa shape index (κ3) is 7.23. The van der Waals surface area contributed by atoms with Gasteiger partial charge < -0.3 is 0 Å². The van der Waals surface area contributed by atoms with Crippen LogP contribution < -0.4 is 11.3 Å². The molecule has 0 aliphatic carbocycles. The molecule has 0 aromatic carbocycles. The molecule has 0 saturated carbocycles. The summed E-state index contributed by atoms with van der Waals surface area (Å²) in [4.78, 5) is 8.49. The van der Waals surface area contributed by atoms with E-state index in [9.17, 15) is 0 Å². The summed E-state index contributed by atoms with van der Waals surface area (Å²) in [5, 5.41) is 0. The summed E-state index contributed by atoms with van der Waals surface area (Å²) in [6, 6.07) is 1.91. The first-order valence-electron chi connectivity index (χ1n) is 7.61. The molecule has 1 rings (SSSR count). The Bertz CT molecular complexity index is 302. The van der Waals surface area contributed by atoms with Crippen LogP contribution in [0.2, 0.25) is 0 Å². The van der Waals surface area contributed by atoms with Crippen molar-refractivity contribution < 1.29 is 0 Å². The highest BCUT2D eigenvalue weighted by atomic mass is 15.2. The molecule has 1 aromatic rings. The fraction of sp³-hybridized carbons (Fsp3) is 0.733. The molecule has 0 saturated heterocycles. The van der Waals surface area contributed by atoms with Gasteiger partial charge in [-0.1, -0.05) is 58.3 Å². The second-order valence-electron chi connectivity index (χ2n) is 5.09. The van der Waals surface area contributed by atoms with Gasteiger partial charge in [0.1, 0.15) is 5.82 Å². The van der Waals surface area contributed by atoms with Gasteiger partial charge in [0.2, 0.25) is 0 Å². The van der Waals surface area contributed by atoms with Gasteiger partial charge in [0, 0.05) is 12.4 Å². The first-order valence-corrected chi connectivity index (χ1v) is 7.61. The van der Waals surface area contributed by atoms with E-state index in [1.54, 1.807) is 12.4 Å². The number of nitrogens with zero attached hydrogens (tertiary/aromatic N) is 2. The van der Waals surface area contributed by atoms with Crippen LogP contribution in [0.1, 0.15) is 76.6 Å². The van der Waals surface area contributed by atoms with E-state index < -0.39 is 0 Å². The van der Waals surface area contributed by atoms with E-state index in [1.807, 2.05) is 6.07 Å². The predicted molar refractivity (Wildman–Crippen MR) is 79.3 cm³/mol. The molecule has 1 atom stereocenters. The largest absolute Gasteiger partial charge is 0.271 e. The Morgan fingerprint density at radius 2 is 1.58 bits per heavy atom. The van der Waals surface area contributed by atoms with Gasteiger partial charge in [-0.2, -0.15) is 0 Å². The molecule has 108 valence electrons. The molecule has 0 amide bonds. The van der Waals surface area contributed by atoms with Gasteiger partial charge in [-0.05, 0) is 12.5 Å². The monoisotopic (exact) mass is 264 g/mol. The normalized spacial score (nSPS) is 12.5. The zero-order valence-electron chi connectivity index (χ0n) is 12.1. The van der Waals surface area contributed by atoms with Gasteiger partial charge in [0.25, 0.3) is 0 Å². The summed E-state index contributed by atoms with van der Waals surface area (Å²) in [6.45, 7) is 2.26. The van der Waals surface area contributed by atoms with Crippen LogP contribution in [0, 0.1) is 0 Å². The molecule has 0 spiro atoms. The molecule has 19 heavy (non-hydrogen) atoms. The number of unbranched alkanes of at least 4 members (excludes halogenated alkanes) is 7. The zero-order chi connectivity index (χ0) is 13.8. The number of hydrogen-bond donors (Lipinski definition) is 2. The van der Waals surface area contributed by atoms with Crippen LogP contribution in [0.25, 0.3) is 0 Å². The minimum atomic E-state index is 0.0845. The molecule has 1 unspecified atom stereocenters. The fourth-order valence-corrected chi connectivity index (χ4v) is 2.26. The molecule has 4 nitrogen and oxygen atoms in total. The molecule has 0 bridgehead atoms. The lowest BCUT2D eigenvalue weighted by molar-refractivity contribution is 0.457. The first-order chi connectivity index (χ1) is 9.38. The quantitative estimate of drug-likeness (QED) is 0.365. The average molecular weight is 264 g/mol. The summed E-state index contributed by atoms with van der Waals surface area (Å²) in [7, 11) is 0. The van der Waals surface area contributed by atoms with Gasteiger partial charge in [-0.25, -0.2) is 15.4 Å². The second-order valence-corrected chi connectivity index (χ2v) is 5.09. The van der Waals surface area contributed by atoms with E-state index in [0.717, 1.165) is 12.2 Å². The Labute approximate surface area is 117 Å². The Morgan fingerprint density at radius 3 is 2.16 bits per heavy atom. The molecule has 1 aromatic heterocycles. The summed E-state index contributed by atoms with van der Waals surface area (Å²) in [5.41, 5.74) is 2.81. The van der Waals surface area contributed by atoms with Crippen molar-refractivity contribution in [2.45, 2.75) is 70.8 Å². The smallest absolute Gasteiger partial charge is 0.146 e. The van der Waals surface area contributed by atoms with Gasteiger partial charge in [-0.3, -0.25) is 5.84 Å². The molecule has 0 radical (unpaired) electrons. The van der Waals surface area contributed by atoms with Crippen molar-refractivity contribution >= 4 is 0 Å². The molecule has 3 N–H and O–H groups in total. The molecular weight excluding hydrogens is 236 g/mol. The highest BCUT2D eigenvalue weighted by Crippen LogP contribution is 2.16. The molecule has 0 aliphatic heterocycles. The maximum absolute atomic E-state index is 5.57. The first kappa shape index (κ1) is 16.1. The van der Waals surface area contributed by atoms with Crippen molar-refractivity contribution in [2.24, 2.45) is 5.84 Å². The standard InChI is InChI=1S/C15H28N4/c1-2-3-4-5-6-7-8-9-11-14(19-16)15-17-12-10-13-18-15/h10,12-14,19H,2-9,11,16H2,1H3. The van der Waals surface area contributed by atoms with Crippen LogP contribution in [-0.4, -0.2) is 9.97 Å². The highest BCUT2D eigenvalue weighted by Gasteiger charge is 2.11. The number of aromatic nitrogens is 2. The maximum atomic E-state index is 5.57. The van der Waals surface area contributed by atoms with Crippen molar-refractivity contribution in [3.8, 4) is 0 Å². The zero-order valence-corrected chi connectivity index (χ0v) is 12.1. The summed E-state index contributed by atoms with van der Waals surface area (Å²) in [5.74, 6) is 6.37. The van der Waals surface area contributed by atoms with Gasteiger partial charge in [0.05, 0.1) is 6.04 Å².